The molecule has 1 aliphatic heterocycles. The Kier molecular flexibility index (Phi) is 4.67. The highest BCUT2D eigenvalue weighted by Gasteiger charge is 2.49. The number of benzene rings is 1. The Bertz CT molecular complexity index is 874. The van der Waals surface area contributed by atoms with Crippen molar-refractivity contribution in [3.05, 3.63) is 69.0 Å². The van der Waals surface area contributed by atoms with Crippen LogP contribution in [0, 0.1) is 0 Å². The lowest BCUT2D eigenvalue weighted by molar-refractivity contribution is -0.117. The van der Waals surface area contributed by atoms with Gasteiger partial charge in [-0.1, -0.05) is 30.3 Å². The van der Waals surface area contributed by atoms with Crippen molar-refractivity contribution in [2.45, 2.75) is 30.8 Å². The molecule has 1 aromatic carbocycles. The van der Waals surface area contributed by atoms with E-state index in [1.807, 2.05) is 0 Å². The van der Waals surface area contributed by atoms with Crippen LogP contribution in [0.1, 0.15) is 23.2 Å². The fraction of sp³-hybridized carbons (Fsp3) is 0.353. The molecular formula is C17H18N2O6. The highest BCUT2D eigenvalue weighted by atomic mass is 16.6. The van der Waals surface area contributed by atoms with E-state index in [0.29, 0.717) is 5.56 Å². The number of Topliss-reactive ketones (excluding diaryl/α,β-unsaturated/α-hetero) is 1. The monoisotopic (exact) mass is 346 g/mol. The number of rotatable bonds is 5. The van der Waals surface area contributed by atoms with Crippen LogP contribution in [0.15, 0.2) is 52.2 Å². The molecule has 3 atom stereocenters. The third-order valence-corrected chi connectivity index (χ3v) is 4.30. The van der Waals surface area contributed by atoms with Crippen molar-refractivity contribution in [2.75, 3.05) is 6.61 Å². The minimum Gasteiger partial charge on any atom is -0.394 e. The number of nitrogens with one attached hydrogen (secondary N) is 1. The molecule has 0 radical (unpaired) electrons. The van der Waals surface area contributed by atoms with Gasteiger partial charge in [0.25, 0.3) is 5.56 Å². The molecule has 0 spiro atoms. The van der Waals surface area contributed by atoms with Crippen LogP contribution in [-0.4, -0.2) is 44.4 Å². The average Bonchev–Trinajstić information content (AvgIpc) is 2.91. The van der Waals surface area contributed by atoms with E-state index in [1.54, 1.807) is 30.3 Å². The van der Waals surface area contributed by atoms with Crippen LogP contribution in [0.2, 0.25) is 0 Å². The molecule has 132 valence electrons. The summed E-state index contributed by atoms with van der Waals surface area (Å²) in [6.07, 6.45) is -1.04. The lowest BCUT2D eigenvalue weighted by atomic mass is 9.96. The van der Waals surface area contributed by atoms with Crippen LogP contribution < -0.4 is 11.2 Å². The quantitative estimate of drug-likeness (QED) is 0.634. The van der Waals surface area contributed by atoms with E-state index in [4.69, 9.17) is 4.74 Å². The van der Waals surface area contributed by atoms with Crippen LogP contribution in [0.4, 0.5) is 0 Å². The van der Waals surface area contributed by atoms with Gasteiger partial charge in [-0.25, -0.2) is 4.79 Å². The molecular weight excluding hydrogens is 328 g/mol. The maximum Gasteiger partial charge on any atom is 0.330 e. The number of carbonyl (C=O) groups is 1. The van der Waals surface area contributed by atoms with Crippen molar-refractivity contribution >= 4 is 5.78 Å². The molecule has 1 aliphatic rings. The second-order valence-electron chi connectivity index (χ2n) is 6.00. The number of aromatic amines is 1. The maximum absolute atomic E-state index is 12.6. The zero-order valence-corrected chi connectivity index (χ0v) is 13.3. The van der Waals surface area contributed by atoms with Crippen molar-refractivity contribution in [1.29, 1.82) is 0 Å². The summed E-state index contributed by atoms with van der Waals surface area (Å²) in [5.41, 5.74) is -2.38. The predicted octanol–water partition coefficient (Wildman–Crippen LogP) is -0.395. The molecule has 8 nitrogen and oxygen atoms in total. The number of ketones is 1. The molecule has 25 heavy (non-hydrogen) atoms. The predicted molar refractivity (Wildman–Crippen MR) is 87.3 cm³/mol. The summed E-state index contributed by atoms with van der Waals surface area (Å²) in [4.78, 5) is 38.3. The first-order valence-corrected chi connectivity index (χ1v) is 7.83. The Labute approximate surface area is 142 Å². The second-order valence-corrected chi connectivity index (χ2v) is 6.00. The van der Waals surface area contributed by atoms with Crippen LogP contribution in [0.3, 0.4) is 0 Å². The van der Waals surface area contributed by atoms with Gasteiger partial charge in [0.2, 0.25) is 0 Å². The summed E-state index contributed by atoms with van der Waals surface area (Å²) < 4.78 is 6.82. The third kappa shape index (κ3) is 3.32. The second kappa shape index (κ2) is 6.75. The highest BCUT2D eigenvalue weighted by Crippen LogP contribution is 2.37. The minimum atomic E-state index is -1.49. The van der Waals surface area contributed by atoms with E-state index in [1.165, 1.54) is 6.20 Å². The standard InChI is InChI=1S/C17H18N2O6/c20-10-14-13(22)9-17(25-14,19-7-6-15(23)18-16(19)24)8-12(21)11-4-2-1-3-5-11/h1-7,13-14,20,22H,8-10H2,(H,18,23,24)/t13-,14+,17+/m0/s1. The van der Waals surface area contributed by atoms with Gasteiger partial charge in [-0.3, -0.25) is 19.1 Å². The van der Waals surface area contributed by atoms with Gasteiger partial charge in [0.05, 0.1) is 19.1 Å². The smallest absolute Gasteiger partial charge is 0.330 e. The van der Waals surface area contributed by atoms with Gasteiger partial charge in [-0.05, 0) is 0 Å². The molecule has 3 N–H and O–H groups in total. The first-order chi connectivity index (χ1) is 11.9. The number of H-pyrrole nitrogens is 1. The molecule has 0 bridgehead atoms. The third-order valence-electron chi connectivity index (χ3n) is 4.30. The van der Waals surface area contributed by atoms with Crippen molar-refractivity contribution in [3.63, 3.8) is 0 Å². The van der Waals surface area contributed by atoms with Crippen molar-refractivity contribution in [1.82, 2.24) is 9.55 Å². The van der Waals surface area contributed by atoms with Crippen molar-refractivity contribution in [3.8, 4) is 0 Å². The summed E-state index contributed by atoms with van der Waals surface area (Å²) in [5.74, 6) is -0.288. The number of ether oxygens (including phenoxy) is 1. The maximum atomic E-state index is 12.6. The topological polar surface area (TPSA) is 122 Å². The van der Waals surface area contributed by atoms with Crippen LogP contribution in [-0.2, 0) is 10.5 Å². The van der Waals surface area contributed by atoms with Gasteiger partial charge in [-0.2, -0.15) is 0 Å². The largest absolute Gasteiger partial charge is 0.394 e. The molecule has 2 heterocycles. The molecule has 3 rings (SSSR count). The van der Waals surface area contributed by atoms with E-state index < -0.39 is 35.8 Å². The number of aliphatic hydroxyl groups is 2. The highest BCUT2D eigenvalue weighted by molar-refractivity contribution is 5.96. The fourth-order valence-corrected chi connectivity index (χ4v) is 3.09. The van der Waals surface area contributed by atoms with E-state index in [2.05, 4.69) is 4.98 Å². The minimum absolute atomic E-state index is 0.0667. The number of carbonyl (C=O) groups excluding carboxylic acids is 1. The number of aromatic nitrogens is 2. The van der Waals surface area contributed by atoms with Gasteiger partial charge < -0.3 is 14.9 Å². The first-order valence-electron chi connectivity index (χ1n) is 7.83. The normalized spacial score (nSPS) is 25.8. The van der Waals surface area contributed by atoms with E-state index >= 15 is 0 Å². The molecule has 0 saturated carbocycles. The Balaban J connectivity index is 2.03. The van der Waals surface area contributed by atoms with E-state index in [9.17, 15) is 24.6 Å². The molecule has 0 amide bonds. The molecule has 1 saturated heterocycles. The number of aliphatic hydroxyl groups excluding tert-OH is 2. The zero-order chi connectivity index (χ0) is 18.0. The molecule has 1 fully saturated rings. The van der Waals surface area contributed by atoms with Crippen molar-refractivity contribution in [2.24, 2.45) is 0 Å². The van der Waals surface area contributed by atoms with E-state index in [0.717, 1.165) is 10.6 Å². The van der Waals surface area contributed by atoms with Gasteiger partial charge in [0.15, 0.2) is 11.5 Å². The first kappa shape index (κ1) is 17.3. The van der Waals surface area contributed by atoms with Gasteiger partial charge in [-0.15, -0.1) is 0 Å². The van der Waals surface area contributed by atoms with E-state index in [-0.39, 0.29) is 18.6 Å². The van der Waals surface area contributed by atoms with Crippen LogP contribution >= 0.6 is 0 Å². The summed E-state index contributed by atoms with van der Waals surface area (Å²) in [5, 5.41) is 19.5. The number of hydrogen-bond acceptors (Lipinski definition) is 6. The summed E-state index contributed by atoms with van der Waals surface area (Å²) in [6, 6.07) is 9.62. The summed E-state index contributed by atoms with van der Waals surface area (Å²) in [7, 11) is 0. The average molecular weight is 346 g/mol. The summed E-state index contributed by atoms with van der Waals surface area (Å²) in [6.45, 7) is -0.458. The Morgan fingerprint density at radius 3 is 2.60 bits per heavy atom. The number of hydrogen-bond donors (Lipinski definition) is 3. The van der Waals surface area contributed by atoms with Gasteiger partial charge >= 0.3 is 5.69 Å². The molecule has 0 unspecified atom stereocenters. The SMILES string of the molecule is O=C(C[C@]1(n2ccc(=O)[nH]c2=O)C[C@H](O)[C@@H](CO)O1)c1ccccc1. The number of nitrogens with zero attached hydrogens (tertiary/aromatic N) is 1. The Morgan fingerprint density at radius 1 is 1.28 bits per heavy atom. The summed E-state index contributed by atoms with van der Waals surface area (Å²) >= 11 is 0. The van der Waals surface area contributed by atoms with Gasteiger partial charge in [0.1, 0.15) is 6.10 Å². The Hall–Kier alpha value is -2.55. The van der Waals surface area contributed by atoms with Crippen molar-refractivity contribution < 1.29 is 19.7 Å². The molecule has 1 aromatic heterocycles. The zero-order valence-electron chi connectivity index (χ0n) is 13.3. The van der Waals surface area contributed by atoms with Crippen LogP contribution in [0.5, 0.6) is 0 Å². The Morgan fingerprint density at radius 2 is 2.00 bits per heavy atom. The lowest BCUT2D eigenvalue weighted by Gasteiger charge is -2.30. The molecule has 2 aromatic rings. The molecule has 0 aliphatic carbocycles. The lowest BCUT2D eigenvalue weighted by Crippen LogP contribution is -2.45. The van der Waals surface area contributed by atoms with Gasteiger partial charge in [0, 0.05) is 24.2 Å². The van der Waals surface area contributed by atoms with Crippen LogP contribution in [0.25, 0.3) is 0 Å². The molecule has 8 heteroatoms. The fourth-order valence-electron chi connectivity index (χ4n) is 3.09.